The van der Waals surface area contributed by atoms with Crippen LogP contribution in [0.1, 0.15) is 23.6 Å². The zero-order chi connectivity index (χ0) is 43.1. The minimum Gasteiger partial charge on any atom is -0.309 e. The number of benzene rings is 10. The number of nitrogens with zero attached hydrogens (tertiary/aromatic N) is 3. The van der Waals surface area contributed by atoms with Gasteiger partial charge in [0.15, 0.2) is 0 Å². The van der Waals surface area contributed by atoms with Gasteiger partial charge in [-0.05, 0) is 107 Å². The molecule has 3 heteroatoms. The van der Waals surface area contributed by atoms with E-state index in [4.69, 9.17) is 0 Å². The fourth-order valence-electron chi connectivity index (χ4n) is 11.0. The van der Waals surface area contributed by atoms with E-state index in [1.54, 1.807) is 0 Å². The highest BCUT2D eigenvalue weighted by Gasteiger charge is 2.45. The Labute approximate surface area is 378 Å². The van der Waals surface area contributed by atoms with E-state index in [9.17, 15) is 0 Å². The lowest BCUT2D eigenvalue weighted by molar-refractivity contribution is 0.690. The number of aromatic nitrogens is 2. The average molecular weight is 830 g/mol. The van der Waals surface area contributed by atoms with Crippen LogP contribution in [0.15, 0.2) is 243 Å². The fraction of sp³-hybridized carbons (Fsp3) is 0.0323. The van der Waals surface area contributed by atoms with E-state index in [2.05, 4.69) is 264 Å². The summed E-state index contributed by atoms with van der Waals surface area (Å²) in [5.74, 6) is 0. The number of hydrogen-bond acceptors (Lipinski definition) is 1. The van der Waals surface area contributed by atoms with Gasteiger partial charge in [-0.15, -0.1) is 0 Å². The number of fused-ring (bicyclic) bond motifs is 10. The zero-order valence-electron chi connectivity index (χ0n) is 35.9. The summed E-state index contributed by atoms with van der Waals surface area (Å²) >= 11 is 0. The molecule has 0 saturated heterocycles. The molecule has 1 unspecified atom stereocenters. The molecule has 12 aromatic rings. The van der Waals surface area contributed by atoms with E-state index in [0.29, 0.717) is 0 Å². The first-order valence-corrected chi connectivity index (χ1v) is 22.5. The molecule has 2 aromatic heterocycles. The summed E-state index contributed by atoms with van der Waals surface area (Å²) < 4.78 is 4.92. The van der Waals surface area contributed by atoms with Crippen LogP contribution in [0.5, 0.6) is 0 Å². The molecule has 3 nitrogen and oxygen atoms in total. The molecule has 0 spiro atoms. The van der Waals surface area contributed by atoms with E-state index in [1.165, 1.54) is 93.9 Å². The summed E-state index contributed by atoms with van der Waals surface area (Å²) in [5, 5.41) is 4.97. The maximum absolute atomic E-state index is 2.56. The highest BCUT2D eigenvalue weighted by molar-refractivity contribution is 6.21. The number of anilines is 3. The third-order valence-corrected chi connectivity index (χ3v) is 14.0. The van der Waals surface area contributed by atoms with Gasteiger partial charge in [0.1, 0.15) is 0 Å². The van der Waals surface area contributed by atoms with Crippen LogP contribution in [0.25, 0.3) is 77.2 Å². The van der Waals surface area contributed by atoms with Crippen molar-refractivity contribution in [3.63, 3.8) is 0 Å². The molecule has 65 heavy (non-hydrogen) atoms. The van der Waals surface area contributed by atoms with Gasteiger partial charge >= 0.3 is 0 Å². The van der Waals surface area contributed by atoms with Crippen LogP contribution in [0, 0.1) is 0 Å². The molecule has 0 radical (unpaired) electrons. The lowest BCUT2D eigenvalue weighted by Crippen LogP contribution is -2.34. The second-order valence-electron chi connectivity index (χ2n) is 17.4. The lowest BCUT2D eigenvalue weighted by atomic mass is 9.66. The van der Waals surface area contributed by atoms with Crippen LogP contribution >= 0.6 is 0 Å². The molecule has 1 atom stereocenters. The first-order chi connectivity index (χ1) is 32.2. The van der Waals surface area contributed by atoms with Crippen molar-refractivity contribution in [2.45, 2.75) is 12.3 Å². The fourth-order valence-corrected chi connectivity index (χ4v) is 11.0. The molecule has 1 aliphatic heterocycles. The average Bonchev–Trinajstić information content (AvgIpc) is 3.91. The molecular weight excluding hydrogens is 787 g/mol. The van der Waals surface area contributed by atoms with Crippen molar-refractivity contribution in [3.05, 3.63) is 259 Å². The van der Waals surface area contributed by atoms with E-state index in [1.807, 2.05) is 0 Å². The molecule has 13 rings (SSSR count). The van der Waals surface area contributed by atoms with Gasteiger partial charge in [-0.1, -0.05) is 176 Å². The highest BCUT2D eigenvalue weighted by atomic mass is 15.2. The summed E-state index contributed by atoms with van der Waals surface area (Å²) in [6, 6.07) is 89.0. The van der Waals surface area contributed by atoms with Crippen molar-refractivity contribution in [2.24, 2.45) is 0 Å². The summed E-state index contributed by atoms with van der Waals surface area (Å²) in [5.41, 5.74) is 18.6. The van der Waals surface area contributed by atoms with Crippen molar-refractivity contribution in [1.29, 1.82) is 0 Å². The minimum absolute atomic E-state index is 0.558. The van der Waals surface area contributed by atoms with Crippen molar-refractivity contribution in [2.75, 3.05) is 4.90 Å². The predicted molar refractivity (Wildman–Crippen MR) is 273 cm³/mol. The van der Waals surface area contributed by atoms with Crippen LogP contribution < -0.4 is 4.90 Å². The molecule has 1 aliphatic rings. The lowest BCUT2D eigenvalue weighted by Gasteiger charge is -2.45. The number of hydrogen-bond donors (Lipinski definition) is 0. The second-order valence-corrected chi connectivity index (χ2v) is 17.4. The first kappa shape index (κ1) is 37.2. The van der Waals surface area contributed by atoms with E-state index in [-0.39, 0.29) is 0 Å². The Morgan fingerprint density at radius 3 is 1.31 bits per heavy atom. The van der Waals surface area contributed by atoms with Crippen molar-refractivity contribution in [3.8, 4) is 33.6 Å². The van der Waals surface area contributed by atoms with E-state index in [0.717, 1.165) is 17.1 Å². The third-order valence-electron chi connectivity index (χ3n) is 14.0. The molecule has 0 fully saturated rings. The smallest absolute Gasteiger partial charge is 0.0606 e. The van der Waals surface area contributed by atoms with Gasteiger partial charge < -0.3 is 14.0 Å². The molecule has 0 amide bonds. The molecule has 306 valence electrons. The monoisotopic (exact) mass is 829 g/mol. The summed E-state index contributed by atoms with van der Waals surface area (Å²) in [4.78, 5) is 2.56. The Bertz CT molecular complexity index is 3740. The molecule has 3 heterocycles. The molecule has 0 aliphatic carbocycles. The van der Waals surface area contributed by atoms with E-state index < -0.39 is 5.41 Å². The Hall–Kier alpha value is -8.40. The Morgan fingerprint density at radius 1 is 0.323 bits per heavy atom. The molecular formula is C62H43N3. The van der Waals surface area contributed by atoms with Crippen LogP contribution in [-0.4, -0.2) is 9.13 Å². The van der Waals surface area contributed by atoms with Gasteiger partial charge in [0, 0.05) is 49.6 Å². The first-order valence-electron chi connectivity index (χ1n) is 22.5. The van der Waals surface area contributed by atoms with Gasteiger partial charge in [0.05, 0.1) is 33.4 Å². The Morgan fingerprint density at radius 2 is 0.754 bits per heavy atom. The Balaban J connectivity index is 1.12. The summed E-state index contributed by atoms with van der Waals surface area (Å²) in [6.45, 7) is 2.47. The molecule has 0 bridgehead atoms. The maximum Gasteiger partial charge on any atom is 0.0606 e. The van der Waals surface area contributed by atoms with Crippen LogP contribution in [-0.2, 0) is 5.41 Å². The predicted octanol–water partition coefficient (Wildman–Crippen LogP) is 16.4. The highest BCUT2D eigenvalue weighted by Crippen LogP contribution is 2.60. The van der Waals surface area contributed by atoms with E-state index >= 15 is 0 Å². The van der Waals surface area contributed by atoms with Crippen LogP contribution in [0.3, 0.4) is 0 Å². The van der Waals surface area contributed by atoms with Crippen molar-refractivity contribution in [1.82, 2.24) is 9.13 Å². The van der Waals surface area contributed by atoms with Crippen molar-refractivity contribution >= 4 is 60.7 Å². The topological polar surface area (TPSA) is 13.1 Å². The Kier molecular flexibility index (Phi) is 8.34. The van der Waals surface area contributed by atoms with Gasteiger partial charge in [-0.25, -0.2) is 0 Å². The second kappa shape index (κ2) is 14.6. The third kappa shape index (κ3) is 5.55. The molecule has 0 N–H and O–H groups in total. The number of para-hydroxylation sites is 3. The minimum atomic E-state index is -0.558. The van der Waals surface area contributed by atoms with Crippen LogP contribution in [0.4, 0.5) is 17.1 Å². The van der Waals surface area contributed by atoms with Crippen molar-refractivity contribution < 1.29 is 0 Å². The maximum atomic E-state index is 2.56. The van der Waals surface area contributed by atoms with Gasteiger partial charge in [0.25, 0.3) is 0 Å². The SMILES string of the molecule is CC1(c2ccccc2)c2ccc3c(c2N(c2ccccc2)c2ccc4c(c21)c1ccccc1n4-c1ccc(-c2ccccc2)cc1)c1ccccc1n3-c1ccc(-c2ccccc2)cc1. The summed E-state index contributed by atoms with van der Waals surface area (Å²) in [7, 11) is 0. The quantitative estimate of drug-likeness (QED) is 0.163. The van der Waals surface area contributed by atoms with Gasteiger partial charge in [-0.3, -0.25) is 0 Å². The standard InChI is InChI=1S/C62H43N3/c1-62(46-22-10-4-11-23-46)52-38-39-56-59(51-27-15-17-29-54(51)64(56)49-36-32-45(33-37-49)43-20-8-3-9-21-43)61(52)65(47-24-12-5-13-25-47)57-41-40-55-58(60(57)62)50-26-14-16-28-53(50)63(55)48-34-30-44(31-35-48)42-18-6-2-7-19-42/h2-41H,1H3. The zero-order valence-corrected chi connectivity index (χ0v) is 35.9. The van der Waals surface area contributed by atoms with Gasteiger partial charge in [0.2, 0.25) is 0 Å². The number of rotatable bonds is 6. The molecule has 0 saturated carbocycles. The molecule has 10 aromatic carbocycles. The largest absolute Gasteiger partial charge is 0.309 e. The van der Waals surface area contributed by atoms with Gasteiger partial charge in [-0.2, -0.15) is 0 Å². The normalized spacial score (nSPS) is 14.6. The summed E-state index contributed by atoms with van der Waals surface area (Å²) in [6.07, 6.45) is 0. The van der Waals surface area contributed by atoms with Crippen LogP contribution in [0.2, 0.25) is 0 Å².